The van der Waals surface area contributed by atoms with Crippen molar-refractivity contribution in [1.82, 2.24) is 4.98 Å². The Balaban J connectivity index is 1.51. The molecule has 7 nitrogen and oxygen atoms in total. The van der Waals surface area contributed by atoms with Crippen LogP contribution in [0.2, 0.25) is 0 Å². The molecule has 4 rings (SSSR count). The average molecular weight is 356 g/mol. The molecule has 1 aromatic heterocycles. The third kappa shape index (κ3) is 3.00. The number of benzene rings is 1. The Morgan fingerprint density at radius 3 is 2.69 bits per heavy atom. The number of carboxylic acid groups (broad SMARTS) is 1. The average Bonchev–Trinajstić information content (AvgIpc) is 3.10. The van der Waals surface area contributed by atoms with Gasteiger partial charge in [-0.2, -0.15) is 0 Å². The van der Waals surface area contributed by atoms with E-state index < -0.39 is 11.6 Å². The summed E-state index contributed by atoms with van der Waals surface area (Å²) in [5, 5.41) is 9.83. The molecule has 0 spiro atoms. The first-order valence-corrected chi connectivity index (χ1v) is 8.55. The number of piperidine rings is 1. The summed E-state index contributed by atoms with van der Waals surface area (Å²) >= 11 is 0. The number of pyridine rings is 1. The van der Waals surface area contributed by atoms with Crippen LogP contribution >= 0.6 is 0 Å². The molecule has 2 aliphatic rings. The molecule has 0 saturated carbocycles. The third-order valence-electron chi connectivity index (χ3n) is 4.84. The van der Waals surface area contributed by atoms with Crippen LogP contribution in [0.15, 0.2) is 36.5 Å². The van der Waals surface area contributed by atoms with E-state index in [0.29, 0.717) is 43.2 Å². The van der Waals surface area contributed by atoms with Crippen LogP contribution in [0.25, 0.3) is 0 Å². The number of carboxylic acids is 1. The summed E-state index contributed by atoms with van der Waals surface area (Å²) in [5.74, 6) is 1.60. The third-order valence-corrected chi connectivity index (χ3v) is 4.84. The van der Waals surface area contributed by atoms with Gasteiger partial charge in [-0.25, -0.2) is 9.78 Å². The molecule has 0 aliphatic carbocycles. The molecule has 3 heterocycles. The van der Waals surface area contributed by atoms with Gasteiger partial charge in [0.25, 0.3) is 0 Å². The first kappa shape index (κ1) is 16.5. The van der Waals surface area contributed by atoms with E-state index in [0.717, 1.165) is 11.4 Å². The predicted octanol–water partition coefficient (Wildman–Crippen LogP) is 2.62. The standard InChI is InChI=1S/C19H20N2O5/c1-13-4-7-20-17(10-13)21-8-5-19(6-9-21,18(22)23)26-14-2-3-15-16(11-14)25-12-24-15/h2-4,7,10-11H,5-6,8-9,12H2,1H3,(H,22,23). The molecule has 1 aromatic carbocycles. The molecular weight excluding hydrogens is 336 g/mol. The number of carbonyl (C=O) groups is 1. The van der Waals surface area contributed by atoms with Gasteiger partial charge < -0.3 is 24.2 Å². The normalized spacial score (nSPS) is 17.8. The predicted molar refractivity (Wildman–Crippen MR) is 94.0 cm³/mol. The van der Waals surface area contributed by atoms with E-state index in [9.17, 15) is 9.90 Å². The molecule has 136 valence electrons. The minimum atomic E-state index is -1.26. The van der Waals surface area contributed by atoms with E-state index >= 15 is 0 Å². The molecule has 2 aliphatic heterocycles. The second-order valence-corrected chi connectivity index (χ2v) is 6.60. The Bertz CT molecular complexity index is 830. The van der Waals surface area contributed by atoms with Crippen molar-refractivity contribution < 1.29 is 24.1 Å². The Labute approximate surface area is 151 Å². The van der Waals surface area contributed by atoms with Crippen LogP contribution in [0, 0.1) is 6.92 Å². The Hall–Kier alpha value is -2.96. The zero-order valence-electron chi connectivity index (χ0n) is 14.5. The maximum Gasteiger partial charge on any atom is 0.348 e. The van der Waals surface area contributed by atoms with Crippen molar-refractivity contribution in [2.75, 3.05) is 24.8 Å². The summed E-state index contributed by atoms with van der Waals surface area (Å²) in [6.07, 6.45) is 2.51. The van der Waals surface area contributed by atoms with E-state index in [1.54, 1.807) is 24.4 Å². The summed E-state index contributed by atoms with van der Waals surface area (Å²) in [7, 11) is 0. The Morgan fingerprint density at radius 2 is 1.96 bits per heavy atom. The summed E-state index contributed by atoms with van der Waals surface area (Å²) in [6.45, 7) is 3.31. The lowest BCUT2D eigenvalue weighted by Gasteiger charge is -2.39. The quantitative estimate of drug-likeness (QED) is 0.902. The highest BCUT2D eigenvalue weighted by atomic mass is 16.7. The van der Waals surface area contributed by atoms with Gasteiger partial charge in [0.05, 0.1) is 0 Å². The highest BCUT2D eigenvalue weighted by molar-refractivity contribution is 5.78. The van der Waals surface area contributed by atoms with Crippen LogP contribution < -0.4 is 19.1 Å². The summed E-state index contributed by atoms with van der Waals surface area (Å²) in [5.41, 5.74) is -0.129. The second-order valence-electron chi connectivity index (χ2n) is 6.60. The van der Waals surface area contributed by atoms with Crippen molar-refractivity contribution in [3.05, 3.63) is 42.1 Å². The number of ether oxygens (including phenoxy) is 3. The fraction of sp³-hybridized carbons (Fsp3) is 0.368. The van der Waals surface area contributed by atoms with E-state index in [2.05, 4.69) is 9.88 Å². The van der Waals surface area contributed by atoms with Gasteiger partial charge in [0.1, 0.15) is 11.6 Å². The van der Waals surface area contributed by atoms with Crippen molar-refractivity contribution in [3.8, 4) is 17.2 Å². The fourth-order valence-electron chi connectivity index (χ4n) is 3.32. The number of nitrogens with zero attached hydrogens (tertiary/aromatic N) is 2. The van der Waals surface area contributed by atoms with Crippen LogP contribution in [-0.4, -0.2) is 41.5 Å². The summed E-state index contributed by atoms with van der Waals surface area (Å²) in [6, 6.07) is 9.08. The molecule has 2 aromatic rings. The number of fused-ring (bicyclic) bond motifs is 1. The van der Waals surface area contributed by atoms with E-state index in [-0.39, 0.29) is 6.79 Å². The Morgan fingerprint density at radius 1 is 1.19 bits per heavy atom. The maximum absolute atomic E-state index is 12.0. The highest BCUT2D eigenvalue weighted by Gasteiger charge is 2.44. The minimum absolute atomic E-state index is 0.168. The van der Waals surface area contributed by atoms with E-state index in [1.165, 1.54) is 0 Å². The number of anilines is 1. The largest absolute Gasteiger partial charge is 0.478 e. The number of hydrogen-bond acceptors (Lipinski definition) is 6. The van der Waals surface area contributed by atoms with Crippen LogP contribution in [-0.2, 0) is 4.79 Å². The molecule has 0 atom stereocenters. The monoisotopic (exact) mass is 356 g/mol. The SMILES string of the molecule is Cc1ccnc(N2CCC(Oc3ccc4c(c3)OCO4)(C(=O)O)CC2)c1. The molecule has 0 radical (unpaired) electrons. The van der Waals surface area contributed by atoms with Crippen molar-refractivity contribution in [3.63, 3.8) is 0 Å². The van der Waals surface area contributed by atoms with Gasteiger partial charge in [-0.1, -0.05) is 0 Å². The van der Waals surface area contributed by atoms with Gasteiger partial charge in [-0.3, -0.25) is 0 Å². The molecule has 1 fully saturated rings. The van der Waals surface area contributed by atoms with Crippen LogP contribution in [0.3, 0.4) is 0 Å². The van der Waals surface area contributed by atoms with Gasteiger partial charge in [0, 0.05) is 38.2 Å². The van der Waals surface area contributed by atoms with Gasteiger partial charge in [0.15, 0.2) is 11.5 Å². The number of aliphatic carboxylic acids is 1. The van der Waals surface area contributed by atoms with Gasteiger partial charge >= 0.3 is 5.97 Å². The molecule has 0 amide bonds. The fourth-order valence-corrected chi connectivity index (χ4v) is 3.32. The number of aryl methyl sites for hydroxylation is 1. The summed E-state index contributed by atoms with van der Waals surface area (Å²) in [4.78, 5) is 18.5. The molecular formula is C19H20N2O5. The molecule has 0 bridgehead atoms. The lowest BCUT2D eigenvalue weighted by atomic mass is 9.91. The van der Waals surface area contributed by atoms with Crippen molar-refractivity contribution in [2.24, 2.45) is 0 Å². The van der Waals surface area contributed by atoms with E-state index in [4.69, 9.17) is 14.2 Å². The van der Waals surface area contributed by atoms with Crippen molar-refractivity contribution >= 4 is 11.8 Å². The van der Waals surface area contributed by atoms with E-state index in [1.807, 2.05) is 19.1 Å². The molecule has 0 unspecified atom stereocenters. The minimum Gasteiger partial charge on any atom is -0.478 e. The molecule has 1 saturated heterocycles. The summed E-state index contributed by atoms with van der Waals surface area (Å²) < 4.78 is 16.6. The second kappa shape index (κ2) is 6.40. The van der Waals surface area contributed by atoms with Crippen molar-refractivity contribution in [1.29, 1.82) is 0 Å². The molecule has 7 heteroatoms. The van der Waals surface area contributed by atoms with Crippen LogP contribution in [0.1, 0.15) is 18.4 Å². The zero-order valence-corrected chi connectivity index (χ0v) is 14.5. The Kier molecular flexibility index (Phi) is 4.06. The van der Waals surface area contributed by atoms with Gasteiger partial charge in [0.2, 0.25) is 12.4 Å². The topological polar surface area (TPSA) is 81.1 Å². The number of aromatic nitrogens is 1. The lowest BCUT2D eigenvalue weighted by molar-refractivity contribution is -0.157. The van der Waals surface area contributed by atoms with Crippen LogP contribution in [0.4, 0.5) is 5.82 Å². The molecule has 1 N–H and O–H groups in total. The first-order valence-electron chi connectivity index (χ1n) is 8.55. The lowest BCUT2D eigenvalue weighted by Crippen LogP contribution is -2.53. The number of rotatable bonds is 4. The molecule has 26 heavy (non-hydrogen) atoms. The first-order chi connectivity index (χ1) is 12.6. The van der Waals surface area contributed by atoms with Crippen molar-refractivity contribution in [2.45, 2.75) is 25.4 Å². The maximum atomic E-state index is 12.0. The van der Waals surface area contributed by atoms with Gasteiger partial charge in [-0.05, 0) is 36.8 Å². The number of hydrogen-bond donors (Lipinski definition) is 1. The highest BCUT2D eigenvalue weighted by Crippen LogP contribution is 2.38. The van der Waals surface area contributed by atoms with Gasteiger partial charge in [-0.15, -0.1) is 0 Å². The smallest absolute Gasteiger partial charge is 0.348 e. The van der Waals surface area contributed by atoms with Crippen LogP contribution in [0.5, 0.6) is 17.2 Å². The zero-order chi connectivity index (χ0) is 18.1.